The molecule has 0 fully saturated rings. The number of anilines is 3. The minimum Gasteiger partial charge on any atom is -0.370 e. The SMILES string of the molecule is CB1N(C)c2c(C)c(C)c[n+](C)c2N1c1cccc(C)c1C. The number of nitrogens with zero attached hydrogens (tertiary/aromatic N) is 3. The van der Waals surface area contributed by atoms with Crippen LogP contribution in [0.15, 0.2) is 24.4 Å². The highest BCUT2D eigenvalue weighted by Gasteiger charge is 2.47. The molecule has 1 aromatic carbocycles. The first-order valence-corrected chi connectivity index (χ1v) is 7.92. The summed E-state index contributed by atoms with van der Waals surface area (Å²) in [5.74, 6) is 1.28. The normalized spacial score (nSPS) is 13.9. The van der Waals surface area contributed by atoms with Gasteiger partial charge in [0.25, 0.3) is 5.82 Å². The van der Waals surface area contributed by atoms with Gasteiger partial charge in [-0.15, -0.1) is 0 Å². The summed E-state index contributed by atoms with van der Waals surface area (Å²) >= 11 is 0. The molecule has 2 heterocycles. The van der Waals surface area contributed by atoms with E-state index in [2.05, 4.69) is 87.2 Å². The van der Waals surface area contributed by atoms with Crippen LogP contribution in [0.2, 0.25) is 6.82 Å². The Bertz CT molecular complexity index is 754. The third-order valence-corrected chi connectivity index (χ3v) is 5.23. The Balaban J connectivity index is 2.29. The minimum atomic E-state index is 0.308. The molecule has 1 aliphatic rings. The average molecular weight is 294 g/mol. The van der Waals surface area contributed by atoms with Crippen LogP contribution < -0.4 is 14.2 Å². The summed E-state index contributed by atoms with van der Waals surface area (Å²) in [6.45, 7) is 11.4. The predicted octanol–water partition coefficient (Wildman–Crippen LogP) is 3.45. The Hall–Kier alpha value is -1.97. The van der Waals surface area contributed by atoms with Gasteiger partial charge in [-0.3, -0.25) is 4.81 Å². The first-order valence-electron chi connectivity index (χ1n) is 7.92. The Morgan fingerprint density at radius 2 is 1.68 bits per heavy atom. The van der Waals surface area contributed by atoms with Crippen LogP contribution in [-0.4, -0.2) is 14.0 Å². The molecule has 0 bridgehead atoms. The molecular weight excluding hydrogens is 269 g/mol. The molecule has 0 atom stereocenters. The Morgan fingerprint density at radius 1 is 1.00 bits per heavy atom. The van der Waals surface area contributed by atoms with Gasteiger partial charge in [-0.2, -0.15) is 0 Å². The fourth-order valence-corrected chi connectivity index (χ4v) is 3.53. The van der Waals surface area contributed by atoms with E-state index in [9.17, 15) is 0 Å². The molecule has 3 nitrogen and oxygen atoms in total. The smallest absolute Gasteiger partial charge is 0.370 e. The zero-order valence-corrected chi connectivity index (χ0v) is 14.7. The molecule has 3 rings (SSSR count). The van der Waals surface area contributed by atoms with Crippen molar-refractivity contribution in [2.75, 3.05) is 16.7 Å². The molecule has 1 aliphatic heterocycles. The topological polar surface area (TPSA) is 10.4 Å². The van der Waals surface area contributed by atoms with Crippen LogP contribution in [0.4, 0.5) is 17.2 Å². The summed E-state index contributed by atoms with van der Waals surface area (Å²) in [7, 11) is 4.34. The van der Waals surface area contributed by atoms with E-state index in [1.807, 2.05) is 0 Å². The lowest BCUT2D eigenvalue weighted by atomic mass is 9.76. The average Bonchev–Trinajstić information content (AvgIpc) is 2.73. The van der Waals surface area contributed by atoms with Crippen molar-refractivity contribution in [2.45, 2.75) is 34.5 Å². The maximum absolute atomic E-state index is 2.46. The van der Waals surface area contributed by atoms with Crippen molar-refractivity contribution in [2.24, 2.45) is 7.05 Å². The van der Waals surface area contributed by atoms with Crippen molar-refractivity contribution in [1.29, 1.82) is 0 Å². The molecule has 0 unspecified atom stereocenters. The molecule has 22 heavy (non-hydrogen) atoms. The van der Waals surface area contributed by atoms with Gasteiger partial charge in [-0.25, -0.2) is 4.57 Å². The van der Waals surface area contributed by atoms with Crippen LogP contribution in [0.25, 0.3) is 0 Å². The van der Waals surface area contributed by atoms with E-state index in [0.717, 1.165) is 0 Å². The fraction of sp³-hybridized carbons (Fsp3) is 0.389. The van der Waals surface area contributed by atoms with Crippen LogP contribution in [0, 0.1) is 27.7 Å². The summed E-state index contributed by atoms with van der Waals surface area (Å²) in [6, 6.07) is 6.57. The monoisotopic (exact) mass is 294 g/mol. The lowest BCUT2D eigenvalue weighted by molar-refractivity contribution is -0.657. The van der Waals surface area contributed by atoms with E-state index in [1.54, 1.807) is 0 Å². The van der Waals surface area contributed by atoms with Crippen molar-refractivity contribution in [3.63, 3.8) is 0 Å². The Labute approximate surface area is 134 Å². The Kier molecular flexibility index (Phi) is 3.43. The zero-order valence-electron chi connectivity index (χ0n) is 14.7. The van der Waals surface area contributed by atoms with Gasteiger partial charge in [0.1, 0.15) is 11.4 Å². The summed E-state index contributed by atoms with van der Waals surface area (Å²) in [5.41, 5.74) is 8.05. The highest BCUT2D eigenvalue weighted by atomic mass is 15.3. The fourth-order valence-electron chi connectivity index (χ4n) is 3.53. The molecule has 1 aromatic heterocycles. The van der Waals surface area contributed by atoms with Crippen molar-refractivity contribution in [3.05, 3.63) is 46.6 Å². The molecule has 0 N–H and O–H groups in total. The lowest BCUT2D eigenvalue weighted by Gasteiger charge is -2.20. The van der Waals surface area contributed by atoms with Gasteiger partial charge in [-0.1, -0.05) is 12.1 Å². The van der Waals surface area contributed by atoms with Gasteiger partial charge >= 0.3 is 6.98 Å². The van der Waals surface area contributed by atoms with Crippen molar-refractivity contribution >= 4 is 24.2 Å². The van der Waals surface area contributed by atoms with Crippen molar-refractivity contribution in [3.8, 4) is 0 Å². The maximum atomic E-state index is 2.46. The molecular formula is C18H25BN3+. The summed E-state index contributed by atoms with van der Waals surface area (Å²) < 4.78 is 2.26. The molecule has 4 heteroatoms. The summed E-state index contributed by atoms with van der Waals surface area (Å²) in [6.07, 6.45) is 2.23. The molecule has 2 aromatic rings. The van der Waals surface area contributed by atoms with Gasteiger partial charge in [0, 0.05) is 0 Å². The van der Waals surface area contributed by atoms with Gasteiger partial charge in [-0.05, 0) is 69.9 Å². The van der Waals surface area contributed by atoms with E-state index >= 15 is 0 Å². The van der Waals surface area contributed by atoms with Gasteiger partial charge in [0.2, 0.25) is 0 Å². The standard InChI is InChI=1S/C18H25BN3/c1-12-9-8-10-16(14(12)3)22-18-17(21(7)19(22)5)15(4)13(2)11-20(18)6/h8-11H,1-7H3/q+1. The molecule has 0 saturated carbocycles. The van der Waals surface area contributed by atoms with Crippen LogP contribution >= 0.6 is 0 Å². The summed E-state index contributed by atoms with van der Waals surface area (Å²) in [4.78, 5) is 4.85. The van der Waals surface area contributed by atoms with Crippen molar-refractivity contribution < 1.29 is 4.57 Å². The van der Waals surface area contributed by atoms with Gasteiger partial charge in [0.05, 0.1) is 13.2 Å². The number of fused-ring (bicyclic) bond motifs is 1. The van der Waals surface area contributed by atoms with Crippen LogP contribution in [-0.2, 0) is 7.05 Å². The number of pyridine rings is 1. The first-order chi connectivity index (χ1) is 10.3. The second-order valence-electron chi connectivity index (χ2n) is 6.55. The molecule has 0 aliphatic carbocycles. The number of aryl methyl sites for hydroxylation is 3. The van der Waals surface area contributed by atoms with Crippen molar-refractivity contribution in [1.82, 2.24) is 0 Å². The first kappa shape index (κ1) is 15.0. The highest BCUT2D eigenvalue weighted by Crippen LogP contribution is 2.43. The zero-order chi connectivity index (χ0) is 16.2. The molecule has 0 saturated heterocycles. The quantitative estimate of drug-likeness (QED) is 0.589. The van der Waals surface area contributed by atoms with E-state index in [1.165, 1.54) is 39.4 Å². The van der Waals surface area contributed by atoms with E-state index in [-0.39, 0.29) is 0 Å². The van der Waals surface area contributed by atoms with Gasteiger partial charge in [0.15, 0.2) is 0 Å². The largest absolute Gasteiger partial charge is 0.498 e. The van der Waals surface area contributed by atoms with Crippen LogP contribution in [0.5, 0.6) is 0 Å². The molecule has 0 spiro atoms. The third-order valence-electron chi connectivity index (χ3n) is 5.23. The lowest BCUT2D eigenvalue weighted by Crippen LogP contribution is -2.44. The number of benzene rings is 1. The predicted molar refractivity (Wildman–Crippen MR) is 95.2 cm³/mol. The summed E-state index contributed by atoms with van der Waals surface area (Å²) in [5, 5.41) is 0. The number of aromatic nitrogens is 1. The number of rotatable bonds is 1. The number of hydrogen-bond acceptors (Lipinski definition) is 2. The molecule has 0 radical (unpaired) electrons. The highest BCUT2D eigenvalue weighted by molar-refractivity contribution is 6.70. The van der Waals surface area contributed by atoms with E-state index in [0.29, 0.717) is 6.98 Å². The van der Waals surface area contributed by atoms with Crippen LogP contribution in [0.1, 0.15) is 22.3 Å². The van der Waals surface area contributed by atoms with Crippen LogP contribution in [0.3, 0.4) is 0 Å². The second kappa shape index (κ2) is 5.04. The third kappa shape index (κ3) is 1.93. The molecule has 114 valence electrons. The van der Waals surface area contributed by atoms with E-state index in [4.69, 9.17) is 0 Å². The maximum Gasteiger partial charge on any atom is 0.498 e. The van der Waals surface area contributed by atoms with E-state index < -0.39 is 0 Å². The molecule has 0 amide bonds. The Morgan fingerprint density at radius 3 is 2.36 bits per heavy atom. The number of hydrogen-bond donors (Lipinski definition) is 0. The second-order valence-corrected chi connectivity index (χ2v) is 6.55. The minimum absolute atomic E-state index is 0.308. The van der Waals surface area contributed by atoms with Gasteiger partial charge < -0.3 is 4.81 Å².